The molecule has 0 radical (unpaired) electrons. The molecule has 0 fully saturated rings. The number of unbranched alkanes of at least 4 members (excludes halogenated alkanes) is 10. The van der Waals surface area contributed by atoms with E-state index in [2.05, 4.69) is 52.0 Å². The molecule has 0 aromatic carbocycles. The van der Waals surface area contributed by atoms with E-state index in [1.54, 1.807) is 0 Å². The Bertz CT molecular complexity index is 277. The molecule has 0 spiro atoms. The van der Waals surface area contributed by atoms with Crippen LogP contribution in [0.25, 0.3) is 0 Å². The van der Waals surface area contributed by atoms with Gasteiger partial charge in [-0.3, -0.25) is 0 Å². The number of hydrogen-bond acceptors (Lipinski definition) is 0. The summed E-state index contributed by atoms with van der Waals surface area (Å²) in [6, 6.07) is 0. The lowest BCUT2D eigenvalue weighted by atomic mass is 9.89. The summed E-state index contributed by atoms with van der Waals surface area (Å²) in [7, 11) is 0. The second-order valence-corrected chi connectivity index (χ2v) is 8.25. The van der Waals surface area contributed by atoms with Crippen molar-refractivity contribution >= 4 is 0 Å². The van der Waals surface area contributed by atoms with Crippen LogP contribution in [-0.2, 0) is 0 Å². The average molecular weight is 321 g/mol. The molecule has 136 valence electrons. The molecule has 0 amide bonds. The van der Waals surface area contributed by atoms with Crippen LogP contribution in [0.2, 0.25) is 0 Å². The lowest BCUT2D eigenvalue weighted by Crippen LogP contribution is -2.03. The van der Waals surface area contributed by atoms with E-state index in [1.807, 2.05) is 0 Å². The highest BCUT2D eigenvalue weighted by Gasteiger charge is 2.08. The van der Waals surface area contributed by atoms with E-state index in [9.17, 15) is 0 Å². The zero-order chi connectivity index (χ0) is 17.2. The molecule has 0 heteroatoms. The minimum absolute atomic E-state index is 0.516. The summed E-state index contributed by atoms with van der Waals surface area (Å²) in [5, 5.41) is 0. The van der Waals surface area contributed by atoms with Gasteiger partial charge in [-0.15, -0.1) is 0 Å². The molecule has 0 rings (SSSR count). The average Bonchev–Trinajstić information content (AvgIpc) is 2.49. The molecule has 0 N–H and O–H groups in total. The van der Waals surface area contributed by atoms with Crippen molar-refractivity contribution in [1.82, 2.24) is 0 Å². The summed E-state index contributed by atoms with van der Waals surface area (Å²) in [5.41, 5.74) is 0.516. The first-order chi connectivity index (χ1) is 11.1. The van der Waals surface area contributed by atoms with E-state index in [4.69, 9.17) is 0 Å². The van der Waals surface area contributed by atoms with E-state index in [-0.39, 0.29) is 0 Å². The molecule has 0 atom stereocenters. The van der Waals surface area contributed by atoms with Crippen molar-refractivity contribution in [1.29, 1.82) is 0 Å². The number of allylic oxidation sites excluding steroid dienone is 4. The van der Waals surface area contributed by atoms with Crippen molar-refractivity contribution in [2.24, 2.45) is 5.41 Å². The normalized spacial score (nSPS) is 12.7. The van der Waals surface area contributed by atoms with Crippen LogP contribution in [0.1, 0.15) is 118 Å². The maximum absolute atomic E-state index is 2.37. The Morgan fingerprint density at radius 2 is 1.04 bits per heavy atom. The number of rotatable bonds is 15. The van der Waals surface area contributed by atoms with Gasteiger partial charge < -0.3 is 0 Å². The van der Waals surface area contributed by atoms with Gasteiger partial charge in [-0.25, -0.2) is 0 Å². The van der Waals surface area contributed by atoms with Gasteiger partial charge in [0.2, 0.25) is 0 Å². The maximum atomic E-state index is 2.37. The topological polar surface area (TPSA) is 0 Å². The molecular formula is C23H44. The van der Waals surface area contributed by atoms with Gasteiger partial charge in [0.15, 0.2) is 0 Å². The standard InChI is InChI=1S/C23H44/c1-5-6-7-8-9-10-11-12-13-14-15-16-17-18-19-20-21-22-23(2,3)4/h12-13,15-16H,5-11,14,17-22H2,1-4H3/b13-12-,16-15-. The highest BCUT2D eigenvalue weighted by molar-refractivity contribution is 4.92. The Hall–Kier alpha value is -0.520. The van der Waals surface area contributed by atoms with E-state index in [0.29, 0.717) is 5.41 Å². The minimum atomic E-state index is 0.516. The van der Waals surface area contributed by atoms with E-state index < -0.39 is 0 Å². The van der Waals surface area contributed by atoms with Gasteiger partial charge in [0.25, 0.3) is 0 Å². The van der Waals surface area contributed by atoms with Crippen molar-refractivity contribution in [3.8, 4) is 0 Å². The smallest absolute Gasteiger partial charge is 0.0169 e. The van der Waals surface area contributed by atoms with Gasteiger partial charge in [0.05, 0.1) is 0 Å². The third-order valence-electron chi connectivity index (χ3n) is 4.38. The van der Waals surface area contributed by atoms with Crippen molar-refractivity contribution in [2.75, 3.05) is 0 Å². The zero-order valence-corrected chi connectivity index (χ0v) is 16.7. The molecule has 0 aliphatic heterocycles. The van der Waals surface area contributed by atoms with Crippen LogP contribution in [0.15, 0.2) is 24.3 Å². The van der Waals surface area contributed by atoms with E-state index in [0.717, 1.165) is 6.42 Å². The summed E-state index contributed by atoms with van der Waals surface area (Å²) in [5.74, 6) is 0. The molecule has 0 heterocycles. The first kappa shape index (κ1) is 22.5. The van der Waals surface area contributed by atoms with Crippen molar-refractivity contribution in [3.63, 3.8) is 0 Å². The van der Waals surface area contributed by atoms with Gasteiger partial charge >= 0.3 is 0 Å². The van der Waals surface area contributed by atoms with Crippen LogP contribution in [0, 0.1) is 5.41 Å². The molecule has 0 aromatic rings. The second kappa shape index (κ2) is 16.3. The van der Waals surface area contributed by atoms with Crippen molar-refractivity contribution in [3.05, 3.63) is 24.3 Å². The highest BCUT2D eigenvalue weighted by Crippen LogP contribution is 2.22. The van der Waals surface area contributed by atoms with Gasteiger partial charge in [0.1, 0.15) is 0 Å². The predicted octanol–water partition coefficient (Wildman–Crippen LogP) is 8.63. The first-order valence-corrected chi connectivity index (χ1v) is 10.4. The Morgan fingerprint density at radius 3 is 1.57 bits per heavy atom. The molecule has 0 aromatic heterocycles. The molecule has 0 saturated heterocycles. The Kier molecular flexibility index (Phi) is 16.0. The fourth-order valence-corrected chi connectivity index (χ4v) is 2.82. The Balaban J connectivity index is 3.23. The van der Waals surface area contributed by atoms with Gasteiger partial charge in [0, 0.05) is 0 Å². The molecular weight excluding hydrogens is 276 g/mol. The van der Waals surface area contributed by atoms with Gasteiger partial charge in [-0.1, -0.05) is 103 Å². The molecule has 23 heavy (non-hydrogen) atoms. The highest BCUT2D eigenvalue weighted by atomic mass is 14.1. The molecule has 0 aliphatic rings. The zero-order valence-electron chi connectivity index (χ0n) is 16.7. The summed E-state index contributed by atoms with van der Waals surface area (Å²) < 4.78 is 0. The summed E-state index contributed by atoms with van der Waals surface area (Å²) >= 11 is 0. The maximum Gasteiger partial charge on any atom is -0.0169 e. The van der Waals surface area contributed by atoms with Crippen LogP contribution < -0.4 is 0 Å². The van der Waals surface area contributed by atoms with Crippen LogP contribution in [0.5, 0.6) is 0 Å². The van der Waals surface area contributed by atoms with Gasteiger partial charge in [-0.05, 0) is 43.9 Å². The van der Waals surface area contributed by atoms with E-state index >= 15 is 0 Å². The summed E-state index contributed by atoms with van der Waals surface area (Å²) in [6.07, 6.45) is 28.4. The van der Waals surface area contributed by atoms with E-state index in [1.165, 1.54) is 83.5 Å². The first-order valence-electron chi connectivity index (χ1n) is 10.4. The third-order valence-corrected chi connectivity index (χ3v) is 4.38. The largest absolute Gasteiger partial charge is 0.0882 e. The summed E-state index contributed by atoms with van der Waals surface area (Å²) in [4.78, 5) is 0. The predicted molar refractivity (Wildman–Crippen MR) is 108 cm³/mol. The Morgan fingerprint density at radius 1 is 0.565 bits per heavy atom. The van der Waals surface area contributed by atoms with Crippen LogP contribution in [0.3, 0.4) is 0 Å². The van der Waals surface area contributed by atoms with Crippen LogP contribution >= 0.6 is 0 Å². The van der Waals surface area contributed by atoms with Crippen molar-refractivity contribution < 1.29 is 0 Å². The molecule has 0 bridgehead atoms. The second-order valence-electron chi connectivity index (χ2n) is 8.25. The van der Waals surface area contributed by atoms with Crippen LogP contribution in [0.4, 0.5) is 0 Å². The third kappa shape index (κ3) is 21.5. The quantitative estimate of drug-likeness (QED) is 0.209. The molecule has 0 saturated carbocycles. The Labute approximate surface area is 147 Å². The van der Waals surface area contributed by atoms with Gasteiger partial charge in [-0.2, -0.15) is 0 Å². The minimum Gasteiger partial charge on any atom is -0.0882 e. The lowest BCUT2D eigenvalue weighted by molar-refractivity contribution is 0.357. The molecule has 0 aliphatic carbocycles. The fraction of sp³-hybridized carbons (Fsp3) is 0.826. The van der Waals surface area contributed by atoms with Crippen LogP contribution in [-0.4, -0.2) is 0 Å². The van der Waals surface area contributed by atoms with Crippen molar-refractivity contribution in [2.45, 2.75) is 118 Å². The molecule has 0 nitrogen and oxygen atoms in total. The summed E-state index contributed by atoms with van der Waals surface area (Å²) in [6.45, 7) is 9.31. The fourth-order valence-electron chi connectivity index (χ4n) is 2.82. The number of hydrogen-bond donors (Lipinski definition) is 0. The monoisotopic (exact) mass is 320 g/mol. The lowest BCUT2D eigenvalue weighted by Gasteiger charge is -2.17. The molecule has 0 unspecified atom stereocenters. The SMILES string of the molecule is CCCCCCCC/C=C\C/C=C\CCCCCCC(C)(C)C.